The van der Waals surface area contributed by atoms with Gasteiger partial charge in [0.1, 0.15) is 11.4 Å². The van der Waals surface area contributed by atoms with Crippen LogP contribution in [0.15, 0.2) is 48.2 Å². The fourth-order valence-corrected chi connectivity index (χ4v) is 2.60. The van der Waals surface area contributed by atoms with E-state index in [9.17, 15) is 19.5 Å². The van der Waals surface area contributed by atoms with Crippen LogP contribution in [0.4, 0.5) is 0 Å². The molecule has 0 bridgehead atoms. The van der Waals surface area contributed by atoms with Crippen LogP contribution >= 0.6 is 0 Å². The molecule has 0 atom stereocenters. The van der Waals surface area contributed by atoms with Gasteiger partial charge in [0.05, 0.1) is 25.2 Å². The van der Waals surface area contributed by atoms with Crippen LogP contribution in [0, 0.1) is 0 Å². The Morgan fingerprint density at radius 1 is 1.14 bits per heavy atom. The smallest absolute Gasteiger partial charge is 0.268 e. The Morgan fingerprint density at radius 3 is 2.66 bits per heavy atom. The first-order valence-electron chi connectivity index (χ1n) is 8.51. The van der Waals surface area contributed by atoms with Gasteiger partial charge in [-0.3, -0.25) is 9.59 Å². The lowest BCUT2D eigenvalue weighted by atomic mass is 10.1. The summed E-state index contributed by atoms with van der Waals surface area (Å²) in [6, 6.07) is 11.4. The first kappa shape index (κ1) is 19.7. The van der Waals surface area contributed by atoms with E-state index in [4.69, 9.17) is 14.2 Å². The molecule has 2 amide bonds. The van der Waals surface area contributed by atoms with Gasteiger partial charge in [0.25, 0.3) is 11.8 Å². The summed E-state index contributed by atoms with van der Waals surface area (Å²) in [6.07, 6.45) is 1.39. The van der Waals surface area contributed by atoms with E-state index in [1.54, 1.807) is 36.4 Å². The third-order valence-electron chi connectivity index (χ3n) is 3.95. The van der Waals surface area contributed by atoms with Crippen molar-refractivity contribution in [2.45, 2.75) is 0 Å². The molecule has 2 N–H and O–H groups in total. The molecule has 0 fully saturated rings. The SMILES string of the molecule is COc1ccccc1C(=O)N/C(=C\c1ccc2c(c1)OCO2)C(=O)NCC(=O)[O-]. The Labute approximate surface area is 165 Å². The number of benzene rings is 2. The molecule has 3 rings (SSSR count). The minimum absolute atomic E-state index is 0.0893. The maximum atomic E-state index is 12.7. The molecule has 0 unspecified atom stereocenters. The van der Waals surface area contributed by atoms with Crippen LogP contribution in [0.3, 0.4) is 0 Å². The zero-order valence-electron chi connectivity index (χ0n) is 15.4. The van der Waals surface area contributed by atoms with Gasteiger partial charge >= 0.3 is 0 Å². The second-order valence-corrected chi connectivity index (χ2v) is 5.88. The van der Waals surface area contributed by atoms with E-state index in [2.05, 4.69) is 10.6 Å². The van der Waals surface area contributed by atoms with E-state index in [0.717, 1.165) is 0 Å². The van der Waals surface area contributed by atoms with Crippen LogP contribution < -0.4 is 30.0 Å². The van der Waals surface area contributed by atoms with Crippen molar-refractivity contribution in [1.29, 1.82) is 0 Å². The molecule has 0 saturated heterocycles. The van der Waals surface area contributed by atoms with Gasteiger partial charge in [-0.1, -0.05) is 18.2 Å². The molecule has 1 heterocycles. The van der Waals surface area contributed by atoms with Crippen LogP contribution in [0.5, 0.6) is 17.2 Å². The van der Waals surface area contributed by atoms with Crippen LogP contribution in [-0.4, -0.2) is 38.2 Å². The molecule has 0 spiro atoms. The summed E-state index contributed by atoms with van der Waals surface area (Å²) < 4.78 is 15.7. The number of methoxy groups -OCH3 is 1. The fourth-order valence-electron chi connectivity index (χ4n) is 2.60. The Morgan fingerprint density at radius 2 is 1.90 bits per heavy atom. The second-order valence-electron chi connectivity index (χ2n) is 5.88. The lowest BCUT2D eigenvalue weighted by Crippen LogP contribution is -2.41. The topological polar surface area (TPSA) is 126 Å². The third kappa shape index (κ3) is 4.83. The van der Waals surface area contributed by atoms with Gasteiger partial charge in [-0.05, 0) is 35.9 Å². The molecule has 2 aromatic rings. The Hall–Kier alpha value is -4.01. The van der Waals surface area contributed by atoms with Crippen LogP contribution in [0.25, 0.3) is 6.08 Å². The minimum atomic E-state index is -1.46. The number of rotatable bonds is 7. The largest absolute Gasteiger partial charge is 0.548 e. The number of ether oxygens (including phenoxy) is 3. The molecular formula is C20H17N2O7-. The van der Waals surface area contributed by atoms with E-state index >= 15 is 0 Å². The molecule has 1 aliphatic heterocycles. The average Bonchev–Trinajstić information content (AvgIpc) is 3.19. The van der Waals surface area contributed by atoms with Crippen molar-refractivity contribution in [2.75, 3.05) is 20.4 Å². The first-order valence-corrected chi connectivity index (χ1v) is 8.51. The quantitative estimate of drug-likeness (QED) is 0.633. The lowest BCUT2D eigenvalue weighted by molar-refractivity contribution is -0.303. The molecule has 150 valence electrons. The number of nitrogens with one attached hydrogen (secondary N) is 2. The number of aliphatic carboxylic acids is 1. The number of hydrogen-bond donors (Lipinski definition) is 2. The maximum Gasteiger partial charge on any atom is 0.268 e. The van der Waals surface area contributed by atoms with E-state index in [-0.39, 0.29) is 18.1 Å². The molecule has 2 aromatic carbocycles. The molecule has 0 radical (unpaired) electrons. The summed E-state index contributed by atoms with van der Waals surface area (Å²) in [5, 5.41) is 15.3. The van der Waals surface area contributed by atoms with Gasteiger partial charge in [-0.15, -0.1) is 0 Å². The van der Waals surface area contributed by atoms with Crippen molar-refractivity contribution in [2.24, 2.45) is 0 Å². The van der Waals surface area contributed by atoms with Gasteiger partial charge in [-0.2, -0.15) is 0 Å². The van der Waals surface area contributed by atoms with Crippen LogP contribution in [-0.2, 0) is 9.59 Å². The van der Waals surface area contributed by atoms with Gasteiger partial charge in [0.15, 0.2) is 11.5 Å². The maximum absolute atomic E-state index is 12.7. The van der Waals surface area contributed by atoms with Crippen molar-refractivity contribution in [3.05, 3.63) is 59.3 Å². The molecule has 9 nitrogen and oxygen atoms in total. The molecule has 0 saturated carbocycles. The standard InChI is InChI=1S/C20H18N2O7/c1-27-15-5-3-2-4-13(15)19(25)22-14(20(26)21-10-18(23)24)8-12-6-7-16-17(9-12)29-11-28-16/h2-9H,10-11H2,1H3,(H,21,26)(H,22,25)(H,23,24)/p-1/b14-8-. The highest BCUT2D eigenvalue weighted by molar-refractivity contribution is 6.06. The summed E-state index contributed by atoms with van der Waals surface area (Å²) in [5.41, 5.74) is 0.577. The second kappa shape index (κ2) is 8.79. The number of para-hydroxylation sites is 1. The fraction of sp³-hybridized carbons (Fsp3) is 0.150. The number of carbonyl (C=O) groups is 3. The van der Waals surface area contributed by atoms with Gasteiger partial charge < -0.3 is 34.7 Å². The summed E-state index contributed by atoms with van der Waals surface area (Å²) in [4.78, 5) is 35.8. The Bertz CT molecular complexity index is 985. The highest BCUT2D eigenvalue weighted by atomic mass is 16.7. The van der Waals surface area contributed by atoms with Crippen molar-refractivity contribution < 1.29 is 33.7 Å². The van der Waals surface area contributed by atoms with Gasteiger partial charge in [-0.25, -0.2) is 0 Å². The average molecular weight is 397 g/mol. The van der Waals surface area contributed by atoms with E-state index in [0.29, 0.717) is 22.8 Å². The summed E-state index contributed by atoms with van der Waals surface area (Å²) in [7, 11) is 1.42. The molecule has 9 heteroatoms. The minimum Gasteiger partial charge on any atom is -0.548 e. The van der Waals surface area contributed by atoms with Crippen LogP contribution in [0.1, 0.15) is 15.9 Å². The van der Waals surface area contributed by atoms with Gasteiger partial charge in [0.2, 0.25) is 6.79 Å². The van der Waals surface area contributed by atoms with Gasteiger partial charge in [0, 0.05) is 0 Å². The van der Waals surface area contributed by atoms with Crippen molar-refractivity contribution in [3.63, 3.8) is 0 Å². The molecule has 29 heavy (non-hydrogen) atoms. The van der Waals surface area contributed by atoms with Crippen molar-refractivity contribution >= 4 is 23.9 Å². The van der Waals surface area contributed by atoms with E-state index in [1.807, 2.05) is 0 Å². The number of amides is 2. The van der Waals surface area contributed by atoms with E-state index < -0.39 is 24.3 Å². The molecule has 0 aromatic heterocycles. The van der Waals surface area contributed by atoms with E-state index in [1.165, 1.54) is 19.3 Å². The zero-order valence-corrected chi connectivity index (χ0v) is 15.4. The number of carboxylic acids is 1. The summed E-state index contributed by atoms with van der Waals surface area (Å²) >= 11 is 0. The molecular weight excluding hydrogens is 380 g/mol. The first-order chi connectivity index (χ1) is 14.0. The highest BCUT2D eigenvalue weighted by Gasteiger charge is 2.18. The predicted octanol–water partition coefficient (Wildman–Crippen LogP) is 0.0609. The molecule has 0 aliphatic carbocycles. The van der Waals surface area contributed by atoms with Crippen LogP contribution in [0.2, 0.25) is 0 Å². The number of carboxylic acid groups (broad SMARTS) is 1. The number of fused-ring (bicyclic) bond motifs is 1. The highest BCUT2D eigenvalue weighted by Crippen LogP contribution is 2.33. The lowest BCUT2D eigenvalue weighted by Gasteiger charge is -2.13. The summed E-state index contributed by atoms with van der Waals surface area (Å²) in [5.74, 6) is -1.49. The monoisotopic (exact) mass is 397 g/mol. The predicted molar refractivity (Wildman–Crippen MR) is 99.0 cm³/mol. The normalized spacial score (nSPS) is 12.2. The molecule has 1 aliphatic rings. The summed E-state index contributed by atoms with van der Waals surface area (Å²) in [6.45, 7) is -0.617. The van der Waals surface area contributed by atoms with Crippen molar-refractivity contribution in [3.8, 4) is 17.2 Å². The Kier molecular flexibility index (Phi) is 5.98. The van der Waals surface area contributed by atoms with Crippen molar-refractivity contribution in [1.82, 2.24) is 10.6 Å². The zero-order chi connectivity index (χ0) is 20.8. The Balaban J connectivity index is 1.89. The number of carbonyl (C=O) groups excluding carboxylic acids is 3. The third-order valence-corrected chi connectivity index (χ3v) is 3.95. The number of hydrogen-bond acceptors (Lipinski definition) is 7.